The summed E-state index contributed by atoms with van der Waals surface area (Å²) in [6, 6.07) is 16.7. The average Bonchev–Trinajstić information content (AvgIpc) is 3.30. The fourth-order valence-electron chi connectivity index (χ4n) is 4.95. The highest BCUT2D eigenvalue weighted by Crippen LogP contribution is 2.43. The van der Waals surface area contributed by atoms with Crippen LogP contribution in [-0.4, -0.2) is 43.7 Å². The Bertz CT molecular complexity index is 1460. The highest BCUT2D eigenvalue weighted by atomic mass is 32.2. The third-order valence-electron chi connectivity index (χ3n) is 6.87. The zero-order valence-electron chi connectivity index (χ0n) is 21.5. The fraction of sp³-hybridized carbons (Fsp3) is 0.276. The van der Waals surface area contributed by atoms with Gasteiger partial charge in [0, 0.05) is 55.4 Å². The maximum absolute atomic E-state index is 13.8. The summed E-state index contributed by atoms with van der Waals surface area (Å²) in [6.45, 7) is 1.71. The SMILES string of the molecule is CNC(=O)c1c(-c2ccc(F)cc2)oc2cc(N(C)SC)c([C@@H]3CCCN(Sc4cccc(F)c4)C3)cc12. The molecule has 38 heavy (non-hydrogen) atoms. The van der Waals surface area contributed by atoms with Crippen molar-refractivity contribution in [3.8, 4) is 11.3 Å². The number of nitrogens with zero attached hydrogens (tertiary/aromatic N) is 2. The van der Waals surface area contributed by atoms with E-state index in [0.29, 0.717) is 22.5 Å². The number of anilines is 1. The smallest absolute Gasteiger partial charge is 0.255 e. The van der Waals surface area contributed by atoms with E-state index in [-0.39, 0.29) is 23.5 Å². The van der Waals surface area contributed by atoms with Crippen LogP contribution in [0.4, 0.5) is 14.5 Å². The van der Waals surface area contributed by atoms with Crippen molar-refractivity contribution in [2.75, 3.05) is 37.7 Å². The van der Waals surface area contributed by atoms with E-state index in [0.717, 1.165) is 47.5 Å². The van der Waals surface area contributed by atoms with E-state index in [1.165, 1.54) is 18.2 Å². The van der Waals surface area contributed by atoms with Gasteiger partial charge in [-0.1, -0.05) is 18.0 Å². The lowest BCUT2D eigenvalue weighted by molar-refractivity contribution is 0.0964. The molecule has 3 aromatic carbocycles. The van der Waals surface area contributed by atoms with Gasteiger partial charge >= 0.3 is 0 Å². The van der Waals surface area contributed by atoms with Gasteiger partial charge in [-0.05, 0) is 84.8 Å². The van der Waals surface area contributed by atoms with Gasteiger partial charge in [-0.2, -0.15) is 0 Å². The van der Waals surface area contributed by atoms with E-state index >= 15 is 0 Å². The average molecular weight is 554 g/mol. The van der Waals surface area contributed by atoms with Gasteiger partial charge in [-0.3, -0.25) is 4.79 Å². The van der Waals surface area contributed by atoms with Crippen molar-refractivity contribution in [1.82, 2.24) is 9.62 Å². The highest BCUT2D eigenvalue weighted by Gasteiger charge is 2.29. The fourth-order valence-corrected chi connectivity index (χ4v) is 6.39. The van der Waals surface area contributed by atoms with Crippen molar-refractivity contribution in [3.05, 3.63) is 83.4 Å². The van der Waals surface area contributed by atoms with Crippen LogP contribution in [-0.2, 0) is 0 Å². The molecule has 0 saturated carbocycles. The molecule has 1 N–H and O–H groups in total. The summed E-state index contributed by atoms with van der Waals surface area (Å²) in [4.78, 5) is 14.0. The number of hydrogen-bond donors (Lipinski definition) is 1. The Labute approximate surface area is 229 Å². The van der Waals surface area contributed by atoms with E-state index in [4.69, 9.17) is 4.42 Å². The molecule has 0 bridgehead atoms. The lowest BCUT2D eigenvalue weighted by Crippen LogP contribution is -2.29. The number of carbonyl (C=O) groups is 1. The molecule has 9 heteroatoms. The molecule has 1 atom stereocenters. The summed E-state index contributed by atoms with van der Waals surface area (Å²) in [7, 11) is 3.61. The van der Waals surface area contributed by atoms with E-state index in [1.54, 1.807) is 55.2 Å². The second kappa shape index (κ2) is 11.4. The van der Waals surface area contributed by atoms with E-state index in [9.17, 15) is 13.6 Å². The second-order valence-corrected chi connectivity index (χ2v) is 11.3. The summed E-state index contributed by atoms with van der Waals surface area (Å²) in [5.41, 5.74) is 3.84. The number of nitrogens with one attached hydrogen (secondary N) is 1. The van der Waals surface area contributed by atoms with Crippen LogP contribution in [0.15, 0.2) is 70.0 Å². The Morgan fingerprint density at radius 2 is 1.89 bits per heavy atom. The lowest BCUT2D eigenvalue weighted by atomic mass is 9.89. The first-order valence-electron chi connectivity index (χ1n) is 12.4. The van der Waals surface area contributed by atoms with Crippen LogP contribution >= 0.6 is 23.9 Å². The minimum absolute atomic E-state index is 0.209. The number of hydrogen-bond acceptors (Lipinski definition) is 6. The minimum Gasteiger partial charge on any atom is -0.455 e. The van der Waals surface area contributed by atoms with Gasteiger partial charge in [0.2, 0.25) is 0 Å². The molecule has 2 heterocycles. The summed E-state index contributed by atoms with van der Waals surface area (Å²) >= 11 is 3.18. The summed E-state index contributed by atoms with van der Waals surface area (Å²) in [6.07, 6.45) is 4.02. The van der Waals surface area contributed by atoms with Crippen LogP contribution in [0.25, 0.3) is 22.3 Å². The number of rotatable bonds is 7. The van der Waals surface area contributed by atoms with Crippen molar-refractivity contribution in [1.29, 1.82) is 0 Å². The number of carbonyl (C=O) groups excluding carboxylic acids is 1. The zero-order valence-corrected chi connectivity index (χ0v) is 23.1. The molecular weight excluding hydrogens is 524 g/mol. The highest BCUT2D eigenvalue weighted by molar-refractivity contribution is 7.99. The largest absolute Gasteiger partial charge is 0.455 e. The first kappa shape index (κ1) is 26.6. The molecule has 4 aromatic rings. The molecule has 198 valence electrons. The molecule has 5 rings (SSSR count). The number of furan rings is 1. The Hall–Kier alpha value is -3.01. The Kier molecular flexibility index (Phi) is 7.97. The minimum atomic E-state index is -0.351. The molecule has 1 aliphatic rings. The summed E-state index contributed by atoms with van der Waals surface area (Å²) in [5.74, 6) is -0.222. The van der Waals surface area contributed by atoms with Crippen molar-refractivity contribution in [2.45, 2.75) is 23.7 Å². The molecule has 0 radical (unpaired) electrons. The quantitative estimate of drug-likeness (QED) is 0.242. The van der Waals surface area contributed by atoms with Gasteiger partial charge in [-0.15, -0.1) is 0 Å². The first-order chi connectivity index (χ1) is 18.4. The predicted octanol–water partition coefficient (Wildman–Crippen LogP) is 7.34. The number of amides is 1. The number of fused-ring (bicyclic) bond motifs is 1. The number of benzene rings is 3. The van der Waals surface area contributed by atoms with Crippen molar-refractivity contribution in [2.24, 2.45) is 0 Å². The summed E-state index contributed by atoms with van der Waals surface area (Å²) < 4.78 is 38.0. The number of piperidine rings is 1. The Morgan fingerprint density at radius 1 is 1.11 bits per heavy atom. The zero-order chi connectivity index (χ0) is 26.8. The topological polar surface area (TPSA) is 48.7 Å². The van der Waals surface area contributed by atoms with Crippen LogP contribution in [0, 0.1) is 11.6 Å². The monoisotopic (exact) mass is 553 g/mol. The molecule has 0 spiro atoms. The maximum Gasteiger partial charge on any atom is 0.255 e. The lowest BCUT2D eigenvalue weighted by Gasteiger charge is -2.34. The van der Waals surface area contributed by atoms with Crippen LogP contribution in [0.5, 0.6) is 0 Å². The van der Waals surface area contributed by atoms with Crippen molar-refractivity contribution < 1.29 is 18.0 Å². The third kappa shape index (κ3) is 5.41. The van der Waals surface area contributed by atoms with Gasteiger partial charge in [-0.25, -0.2) is 13.1 Å². The summed E-state index contributed by atoms with van der Waals surface area (Å²) in [5, 5.41) is 3.47. The van der Waals surface area contributed by atoms with Gasteiger partial charge in [0.05, 0.1) is 11.3 Å². The predicted molar refractivity (Wildman–Crippen MR) is 153 cm³/mol. The Morgan fingerprint density at radius 3 is 2.61 bits per heavy atom. The molecule has 1 amide bonds. The molecule has 0 aliphatic carbocycles. The van der Waals surface area contributed by atoms with Gasteiger partial charge in [0.25, 0.3) is 5.91 Å². The standard InChI is InChI=1S/C29H29F2N3O2S2/c1-32-29(35)27-24-15-23(19-6-5-13-34(17-19)38-22-8-4-7-21(31)14-22)25(33(2)37-3)16-26(24)36-28(27)18-9-11-20(30)12-10-18/h4,7-12,14-16,19H,5-6,13,17H2,1-3H3,(H,32,35)/t19-/m1/s1. The third-order valence-corrected chi connectivity index (χ3v) is 8.66. The molecule has 5 nitrogen and oxygen atoms in total. The molecule has 1 aliphatic heterocycles. The van der Waals surface area contributed by atoms with Gasteiger partial charge in [0.15, 0.2) is 0 Å². The maximum atomic E-state index is 13.8. The van der Waals surface area contributed by atoms with Crippen LogP contribution in [0.2, 0.25) is 0 Å². The molecular formula is C29H29F2N3O2S2. The van der Waals surface area contributed by atoms with Gasteiger partial charge < -0.3 is 14.0 Å². The van der Waals surface area contributed by atoms with Crippen molar-refractivity contribution in [3.63, 3.8) is 0 Å². The van der Waals surface area contributed by atoms with Crippen LogP contribution in [0.1, 0.15) is 34.7 Å². The molecule has 1 saturated heterocycles. The van der Waals surface area contributed by atoms with E-state index in [2.05, 4.69) is 20.0 Å². The molecule has 1 aromatic heterocycles. The van der Waals surface area contributed by atoms with E-state index in [1.807, 2.05) is 25.4 Å². The second-order valence-electron chi connectivity index (χ2n) is 9.26. The molecule has 1 fully saturated rings. The Balaban J connectivity index is 1.58. The van der Waals surface area contributed by atoms with E-state index < -0.39 is 0 Å². The first-order valence-corrected chi connectivity index (χ1v) is 14.4. The van der Waals surface area contributed by atoms with Gasteiger partial charge in [0.1, 0.15) is 23.0 Å². The van der Waals surface area contributed by atoms with Crippen LogP contribution < -0.4 is 9.62 Å². The molecule has 0 unspecified atom stereocenters. The van der Waals surface area contributed by atoms with Crippen molar-refractivity contribution >= 4 is 46.5 Å². The normalized spacial score (nSPS) is 16.1. The van der Waals surface area contributed by atoms with Crippen LogP contribution in [0.3, 0.4) is 0 Å². The number of halogens is 2.